The summed E-state index contributed by atoms with van der Waals surface area (Å²) in [4.78, 5) is 29.8. The third-order valence-electron chi connectivity index (χ3n) is 4.68. The molecule has 1 N–H and O–H groups in total. The van der Waals surface area contributed by atoms with E-state index in [0.29, 0.717) is 16.7 Å². The summed E-state index contributed by atoms with van der Waals surface area (Å²) in [7, 11) is 0. The predicted molar refractivity (Wildman–Crippen MR) is 109 cm³/mol. The van der Waals surface area contributed by atoms with Crippen LogP contribution in [0, 0.1) is 0 Å². The molecule has 2 aromatic carbocycles. The fourth-order valence-electron chi connectivity index (χ4n) is 3.28. The molecular weight excluding hydrogens is 354 g/mol. The molecule has 1 aromatic heterocycles. The molecule has 2 atom stereocenters. The molecule has 0 aliphatic carbocycles. The van der Waals surface area contributed by atoms with Crippen LogP contribution in [0.25, 0.3) is 11.0 Å². The van der Waals surface area contributed by atoms with Gasteiger partial charge in [0.2, 0.25) is 0 Å². The van der Waals surface area contributed by atoms with Crippen molar-refractivity contribution in [3.8, 4) is 0 Å². The van der Waals surface area contributed by atoms with Crippen molar-refractivity contribution in [1.82, 2.24) is 14.9 Å². The van der Waals surface area contributed by atoms with E-state index in [1.165, 1.54) is 4.57 Å². The number of ether oxygens (including phenoxy) is 1. The van der Waals surface area contributed by atoms with Gasteiger partial charge in [-0.05, 0) is 38.5 Å². The quantitative estimate of drug-likeness (QED) is 0.637. The van der Waals surface area contributed by atoms with E-state index in [4.69, 9.17) is 4.74 Å². The molecule has 6 nitrogen and oxygen atoms in total. The maximum atomic E-state index is 13.1. The summed E-state index contributed by atoms with van der Waals surface area (Å²) < 4.78 is 6.48. The van der Waals surface area contributed by atoms with E-state index in [2.05, 4.69) is 10.3 Å². The second-order valence-electron chi connectivity index (χ2n) is 6.70. The highest BCUT2D eigenvalue weighted by Gasteiger charge is 2.20. The van der Waals surface area contributed by atoms with Gasteiger partial charge in [0.05, 0.1) is 23.7 Å². The lowest BCUT2D eigenvalue weighted by Crippen LogP contribution is -2.34. The van der Waals surface area contributed by atoms with Gasteiger partial charge in [-0.1, -0.05) is 42.5 Å². The van der Waals surface area contributed by atoms with Gasteiger partial charge in [0.15, 0.2) is 0 Å². The summed E-state index contributed by atoms with van der Waals surface area (Å²) >= 11 is 0. The number of aromatic nitrogens is 2. The van der Waals surface area contributed by atoms with Crippen LogP contribution in [-0.4, -0.2) is 22.1 Å². The van der Waals surface area contributed by atoms with Crippen molar-refractivity contribution >= 4 is 17.0 Å². The molecule has 0 radical (unpaired) electrons. The van der Waals surface area contributed by atoms with Crippen molar-refractivity contribution in [3.05, 3.63) is 76.2 Å². The Balaban J connectivity index is 1.97. The maximum Gasteiger partial charge on any atom is 0.326 e. The second-order valence-corrected chi connectivity index (χ2v) is 6.70. The van der Waals surface area contributed by atoms with Gasteiger partial charge in [-0.3, -0.25) is 14.2 Å². The second kappa shape index (κ2) is 8.80. The normalized spacial score (nSPS) is 13.2. The largest absolute Gasteiger partial charge is 0.465 e. The van der Waals surface area contributed by atoms with Gasteiger partial charge in [0.1, 0.15) is 12.2 Å². The minimum atomic E-state index is -0.440. The number of fused-ring (bicyclic) bond motifs is 1. The zero-order valence-electron chi connectivity index (χ0n) is 16.4. The number of hydrogen-bond acceptors (Lipinski definition) is 5. The molecule has 6 heteroatoms. The van der Waals surface area contributed by atoms with Crippen molar-refractivity contribution < 1.29 is 9.53 Å². The Kier molecular flexibility index (Phi) is 6.21. The Labute approximate surface area is 164 Å². The first kappa shape index (κ1) is 19.8. The Morgan fingerprint density at radius 2 is 1.75 bits per heavy atom. The fourth-order valence-corrected chi connectivity index (χ4v) is 3.28. The molecule has 0 saturated carbocycles. The van der Waals surface area contributed by atoms with Crippen molar-refractivity contribution in [2.24, 2.45) is 0 Å². The van der Waals surface area contributed by atoms with Crippen molar-refractivity contribution in [3.63, 3.8) is 0 Å². The minimum Gasteiger partial charge on any atom is -0.465 e. The third-order valence-corrected chi connectivity index (χ3v) is 4.68. The van der Waals surface area contributed by atoms with Crippen LogP contribution < -0.4 is 10.9 Å². The van der Waals surface area contributed by atoms with E-state index in [1.54, 1.807) is 13.0 Å². The van der Waals surface area contributed by atoms with E-state index in [-0.39, 0.29) is 30.8 Å². The van der Waals surface area contributed by atoms with Gasteiger partial charge < -0.3 is 10.1 Å². The number of nitrogens with zero attached hydrogens (tertiary/aromatic N) is 2. The first-order chi connectivity index (χ1) is 13.5. The number of benzene rings is 2. The zero-order valence-corrected chi connectivity index (χ0v) is 16.4. The molecule has 28 heavy (non-hydrogen) atoms. The first-order valence-electron chi connectivity index (χ1n) is 9.47. The molecule has 2 unspecified atom stereocenters. The van der Waals surface area contributed by atoms with Crippen molar-refractivity contribution in [2.75, 3.05) is 6.61 Å². The fraction of sp³-hybridized carbons (Fsp3) is 0.318. The Hall–Kier alpha value is -2.99. The highest BCUT2D eigenvalue weighted by molar-refractivity contribution is 5.77. The van der Waals surface area contributed by atoms with E-state index in [0.717, 1.165) is 5.56 Å². The monoisotopic (exact) mass is 379 g/mol. The van der Waals surface area contributed by atoms with Crippen molar-refractivity contribution in [1.29, 1.82) is 0 Å². The Bertz CT molecular complexity index is 1010. The summed E-state index contributed by atoms with van der Waals surface area (Å²) in [6.45, 7) is 5.84. The molecule has 0 spiro atoms. The predicted octanol–water partition coefficient (Wildman–Crippen LogP) is 3.37. The van der Waals surface area contributed by atoms with Gasteiger partial charge in [-0.25, -0.2) is 4.98 Å². The molecule has 1 heterocycles. The van der Waals surface area contributed by atoms with Crippen LogP contribution in [0.15, 0.2) is 59.4 Å². The molecule has 0 aliphatic heterocycles. The van der Waals surface area contributed by atoms with E-state index in [9.17, 15) is 9.59 Å². The molecule has 0 fully saturated rings. The summed E-state index contributed by atoms with van der Waals surface area (Å²) in [5, 5.41) is 3.43. The van der Waals surface area contributed by atoms with Crippen LogP contribution in [0.3, 0.4) is 0 Å². The number of esters is 1. The molecule has 3 rings (SSSR count). The first-order valence-corrected chi connectivity index (χ1v) is 9.47. The minimum absolute atomic E-state index is 0.0439. The highest BCUT2D eigenvalue weighted by atomic mass is 16.5. The number of hydrogen-bond donors (Lipinski definition) is 1. The maximum absolute atomic E-state index is 13.1. The zero-order chi connectivity index (χ0) is 20.1. The molecule has 0 saturated heterocycles. The SMILES string of the molecule is CCOC(=O)Cn1c(=O)c(C(C)NC(C)c2ccccc2)nc2ccccc21. The van der Waals surface area contributed by atoms with Gasteiger partial charge >= 0.3 is 5.97 Å². The lowest BCUT2D eigenvalue weighted by Gasteiger charge is -2.21. The summed E-state index contributed by atoms with van der Waals surface area (Å²) in [6.07, 6.45) is 0. The van der Waals surface area contributed by atoms with Crippen LogP contribution in [0.1, 0.15) is 44.1 Å². The van der Waals surface area contributed by atoms with Crippen LogP contribution in [0.5, 0.6) is 0 Å². The van der Waals surface area contributed by atoms with E-state index < -0.39 is 5.97 Å². The van der Waals surface area contributed by atoms with Gasteiger partial charge in [-0.15, -0.1) is 0 Å². The number of carbonyl (C=O) groups is 1. The number of nitrogens with one attached hydrogen (secondary N) is 1. The summed E-state index contributed by atoms with van der Waals surface area (Å²) in [6, 6.07) is 17.1. The smallest absolute Gasteiger partial charge is 0.326 e. The number of rotatable bonds is 7. The molecule has 146 valence electrons. The summed E-state index contributed by atoms with van der Waals surface area (Å²) in [5.74, 6) is -0.440. The molecule has 0 amide bonds. The van der Waals surface area contributed by atoms with Crippen LogP contribution in [0.4, 0.5) is 0 Å². The summed E-state index contributed by atoms with van der Waals surface area (Å²) in [5.41, 5.74) is 2.51. The topological polar surface area (TPSA) is 73.2 Å². The molecule has 0 bridgehead atoms. The lowest BCUT2D eigenvalue weighted by molar-refractivity contribution is -0.143. The van der Waals surface area contributed by atoms with Crippen molar-refractivity contribution in [2.45, 2.75) is 39.4 Å². The molecular formula is C22H25N3O3. The van der Waals surface area contributed by atoms with E-state index in [1.807, 2.05) is 62.4 Å². The standard InChI is InChI=1S/C22H25N3O3/c1-4-28-20(26)14-25-19-13-9-8-12-18(19)24-21(22(25)27)16(3)23-15(2)17-10-6-5-7-11-17/h5-13,15-16,23H,4,14H2,1-3H3. The Morgan fingerprint density at radius 3 is 2.46 bits per heavy atom. The van der Waals surface area contributed by atoms with Crippen LogP contribution in [-0.2, 0) is 16.1 Å². The molecule has 3 aromatic rings. The third kappa shape index (κ3) is 4.28. The van der Waals surface area contributed by atoms with Gasteiger partial charge in [-0.2, -0.15) is 0 Å². The number of para-hydroxylation sites is 2. The van der Waals surface area contributed by atoms with Crippen LogP contribution >= 0.6 is 0 Å². The van der Waals surface area contributed by atoms with Crippen LogP contribution in [0.2, 0.25) is 0 Å². The average molecular weight is 379 g/mol. The Morgan fingerprint density at radius 1 is 1.07 bits per heavy atom. The number of carbonyl (C=O) groups excluding carboxylic acids is 1. The average Bonchev–Trinajstić information content (AvgIpc) is 2.70. The lowest BCUT2D eigenvalue weighted by atomic mass is 10.1. The van der Waals surface area contributed by atoms with Gasteiger partial charge in [0.25, 0.3) is 5.56 Å². The highest BCUT2D eigenvalue weighted by Crippen LogP contribution is 2.18. The molecule has 0 aliphatic rings. The van der Waals surface area contributed by atoms with Gasteiger partial charge in [0, 0.05) is 6.04 Å². The van der Waals surface area contributed by atoms with E-state index >= 15 is 0 Å².